The molecule has 6 rings (SSSR count). The molecule has 0 unspecified atom stereocenters. The summed E-state index contributed by atoms with van der Waals surface area (Å²) in [5.74, 6) is 0.796. The summed E-state index contributed by atoms with van der Waals surface area (Å²) >= 11 is 0. The second kappa shape index (κ2) is 11.9. The van der Waals surface area contributed by atoms with Crippen molar-refractivity contribution in [2.24, 2.45) is 11.8 Å². The first-order valence-electron chi connectivity index (χ1n) is 14.2. The van der Waals surface area contributed by atoms with E-state index in [2.05, 4.69) is 42.3 Å². The molecular weight excluding hydrogens is 546 g/mol. The third-order valence-electron chi connectivity index (χ3n) is 7.84. The summed E-state index contributed by atoms with van der Waals surface area (Å²) in [6.45, 7) is 0. The fraction of sp³-hybridized carbons (Fsp3) is 0.323. The van der Waals surface area contributed by atoms with Gasteiger partial charge in [-0.3, -0.25) is 14.3 Å². The number of benzene rings is 1. The number of nitriles is 1. The number of aromatic nitrogens is 5. The van der Waals surface area contributed by atoms with Crippen LogP contribution in [0.5, 0.6) is 5.75 Å². The van der Waals surface area contributed by atoms with Gasteiger partial charge >= 0.3 is 0 Å². The Hall–Kier alpha value is -5.31. The lowest BCUT2D eigenvalue weighted by atomic mass is 9.77. The number of carbonyl (C=O) groups is 2. The van der Waals surface area contributed by atoms with Crippen LogP contribution in [0, 0.1) is 23.2 Å². The van der Waals surface area contributed by atoms with Crippen LogP contribution in [-0.2, 0) is 11.2 Å². The van der Waals surface area contributed by atoms with Crippen LogP contribution in [0.4, 0.5) is 17.2 Å². The van der Waals surface area contributed by atoms with Crippen molar-refractivity contribution in [3.8, 4) is 22.9 Å². The van der Waals surface area contributed by atoms with Crippen LogP contribution in [0.3, 0.4) is 0 Å². The van der Waals surface area contributed by atoms with Crippen LogP contribution < -0.4 is 20.7 Å². The highest BCUT2D eigenvalue weighted by Crippen LogP contribution is 2.42. The van der Waals surface area contributed by atoms with Crippen LogP contribution in [0.15, 0.2) is 54.9 Å². The molecule has 12 heteroatoms. The van der Waals surface area contributed by atoms with Crippen molar-refractivity contribution in [1.29, 1.82) is 5.26 Å². The standard InChI is InChI=1S/C31H31N9O3/c1-33-31(42)28-26(14-27(38-39-28)37-30(41)19-9-10-19)36-25-8-4-7-24(29(25)43-2)20-16-34-40(17-20)23-12-18(13-23)11-21-5-3-6-22(15-32)35-21/h3-8,14,16-19,23H,9-13H2,1-2H3,(H,33,42)(H2,36,37,38,41). The number of nitrogens with one attached hydrogen (secondary N) is 3. The smallest absolute Gasteiger partial charge is 0.273 e. The van der Waals surface area contributed by atoms with E-state index in [1.54, 1.807) is 19.2 Å². The molecule has 2 aliphatic rings. The minimum absolute atomic E-state index is 0.00107. The van der Waals surface area contributed by atoms with Crippen molar-refractivity contribution in [2.75, 3.05) is 24.8 Å². The van der Waals surface area contributed by atoms with Gasteiger partial charge in [-0.15, -0.1) is 10.2 Å². The van der Waals surface area contributed by atoms with Crippen LogP contribution >= 0.6 is 0 Å². The molecule has 2 saturated carbocycles. The largest absolute Gasteiger partial charge is 0.494 e. The molecule has 218 valence electrons. The van der Waals surface area contributed by atoms with E-state index in [0.717, 1.165) is 48.9 Å². The Balaban J connectivity index is 1.19. The number of amides is 2. The number of rotatable bonds is 10. The highest BCUT2D eigenvalue weighted by Gasteiger charge is 2.32. The first kappa shape index (κ1) is 27.8. The number of nitrogens with zero attached hydrogens (tertiary/aromatic N) is 6. The average Bonchev–Trinajstić information content (AvgIpc) is 3.76. The molecule has 43 heavy (non-hydrogen) atoms. The Kier molecular flexibility index (Phi) is 7.70. The summed E-state index contributed by atoms with van der Waals surface area (Å²) in [7, 11) is 3.11. The average molecular weight is 578 g/mol. The zero-order valence-electron chi connectivity index (χ0n) is 23.9. The Bertz CT molecular complexity index is 1720. The molecule has 0 aliphatic heterocycles. The van der Waals surface area contributed by atoms with Gasteiger partial charge in [-0.05, 0) is 56.2 Å². The number of pyridine rings is 1. The van der Waals surface area contributed by atoms with E-state index in [1.807, 2.05) is 47.4 Å². The zero-order valence-corrected chi connectivity index (χ0v) is 23.9. The molecule has 0 saturated heterocycles. The summed E-state index contributed by atoms with van der Waals surface area (Å²) < 4.78 is 7.84. The van der Waals surface area contributed by atoms with Crippen molar-refractivity contribution >= 4 is 29.0 Å². The van der Waals surface area contributed by atoms with E-state index < -0.39 is 5.91 Å². The third kappa shape index (κ3) is 6.01. The summed E-state index contributed by atoms with van der Waals surface area (Å²) in [5.41, 5.74) is 4.19. The van der Waals surface area contributed by atoms with Gasteiger partial charge in [0.1, 0.15) is 17.5 Å². The van der Waals surface area contributed by atoms with E-state index in [-0.39, 0.29) is 29.4 Å². The summed E-state index contributed by atoms with van der Waals surface area (Å²) in [6, 6.07) is 15.2. The van der Waals surface area contributed by atoms with Gasteiger partial charge in [-0.25, -0.2) is 4.98 Å². The SMILES string of the molecule is CNC(=O)c1nnc(NC(=O)C2CC2)cc1Nc1cccc(-c2cnn(C3CC(Cc4cccc(C#N)n4)C3)c2)c1OC. The number of hydrogen-bond donors (Lipinski definition) is 3. The minimum Gasteiger partial charge on any atom is -0.494 e. The normalized spacial score (nSPS) is 17.3. The molecule has 0 bridgehead atoms. The molecule has 4 aromatic rings. The molecule has 2 fully saturated rings. The summed E-state index contributed by atoms with van der Waals surface area (Å²) in [5, 5.41) is 30.5. The van der Waals surface area contributed by atoms with Crippen molar-refractivity contribution in [2.45, 2.75) is 38.1 Å². The van der Waals surface area contributed by atoms with Gasteiger partial charge in [0.15, 0.2) is 11.5 Å². The Morgan fingerprint density at radius 3 is 2.67 bits per heavy atom. The van der Waals surface area contributed by atoms with E-state index in [4.69, 9.17) is 10.00 Å². The first-order valence-corrected chi connectivity index (χ1v) is 14.2. The molecule has 3 heterocycles. The topological polar surface area (TPSA) is 160 Å². The molecule has 0 spiro atoms. The van der Waals surface area contributed by atoms with Crippen LogP contribution in [0.2, 0.25) is 0 Å². The van der Waals surface area contributed by atoms with Crippen molar-refractivity contribution in [3.63, 3.8) is 0 Å². The van der Waals surface area contributed by atoms with Gasteiger partial charge in [-0.2, -0.15) is 10.4 Å². The lowest BCUT2D eigenvalue weighted by Crippen LogP contribution is -2.28. The molecular formula is C31H31N9O3. The molecule has 2 amide bonds. The number of carbonyl (C=O) groups excluding carboxylic acids is 2. The van der Waals surface area contributed by atoms with Crippen LogP contribution in [0.1, 0.15) is 53.6 Å². The van der Waals surface area contributed by atoms with E-state index in [9.17, 15) is 9.59 Å². The maximum Gasteiger partial charge on any atom is 0.273 e. The zero-order chi connectivity index (χ0) is 29.9. The predicted octanol–water partition coefficient (Wildman–Crippen LogP) is 4.26. The molecule has 2 aliphatic carbocycles. The van der Waals surface area contributed by atoms with E-state index in [1.165, 1.54) is 7.05 Å². The number of anilines is 3. The van der Waals surface area contributed by atoms with Crippen molar-refractivity contribution < 1.29 is 14.3 Å². The van der Waals surface area contributed by atoms with E-state index in [0.29, 0.717) is 28.7 Å². The van der Waals surface area contributed by atoms with Gasteiger partial charge in [0.25, 0.3) is 5.91 Å². The number of ether oxygens (including phenoxy) is 1. The quantitative estimate of drug-likeness (QED) is 0.250. The maximum absolute atomic E-state index is 12.6. The summed E-state index contributed by atoms with van der Waals surface area (Å²) in [4.78, 5) is 29.3. The number of para-hydroxylation sites is 1. The molecule has 3 aromatic heterocycles. The van der Waals surface area contributed by atoms with E-state index >= 15 is 0 Å². The monoisotopic (exact) mass is 577 g/mol. The molecule has 0 atom stereocenters. The Morgan fingerprint density at radius 1 is 1.12 bits per heavy atom. The highest BCUT2D eigenvalue weighted by atomic mass is 16.5. The van der Waals surface area contributed by atoms with Gasteiger partial charge in [0, 0.05) is 42.0 Å². The van der Waals surface area contributed by atoms with Gasteiger partial charge in [0.2, 0.25) is 5.91 Å². The second-order valence-electron chi connectivity index (χ2n) is 10.9. The molecule has 12 nitrogen and oxygen atoms in total. The highest BCUT2D eigenvalue weighted by molar-refractivity contribution is 6.00. The van der Waals surface area contributed by atoms with Gasteiger partial charge in [-0.1, -0.05) is 18.2 Å². The maximum atomic E-state index is 12.6. The molecule has 0 radical (unpaired) electrons. The van der Waals surface area contributed by atoms with Crippen molar-refractivity contribution in [3.05, 3.63) is 71.9 Å². The first-order chi connectivity index (χ1) is 20.9. The fourth-order valence-corrected chi connectivity index (χ4v) is 5.35. The molecule has 1 aromatic carbocycles. The van der Waals surface area contributed by atoms with Gasteiger partial charge < -0.3 is 20.7 Å². The summed E-state index contributed by atoms with van der Waals surface area (Å²) in [6.07, 6.45) is 8.37. The Morgan fingerprint density at radius 2 is 1.93 bits per heavy atom. The number of methoxy groups -OCH3 is 1. The predicted molar refractivity (Wildman–Crippen MR) is 159 cm³/mol. The molecule has 3 N–H and O–H groups in total. The second-order valence-corrected chi connectivity index (χ2v) is 10.9. The van der Waals surface area contributed by atoms with Crippen LogP contribution in [-0.4, -0.2) is 50.9 Å². The van der Waals surface area contributed by atoms with Crippen molar-refractivity contribution in [1.82, 2.24) is 30.3 Å². The lowest BCUT2D eigenvalue weighted by Gasteiger charge is -2.35. The Labute approximate surface area is 248 Å². The van der Waals surface area contributed by atoms with Crippen LogP contribution in [0.25, 0.3) is 11.1 Å². The number of hydrogen-bond acceptors (Lipinski definition) is 9. The lowest BCUT2D eigenvalue weighted by molar-refractivity contribution is -0.117. The minimum atomic E-state index is -0.418. The third-order valence-corrected chi connectivity index (χ3v) is 7.84. The fourth-order valence-electron chi connectivity index (χ4n) is 5.35. The van der Waals surface area contributed by atoms with Gasteiger partial charge in [0.05, 0.1) is 30.7 Å².